The van der Waals surface area contributed by atoms with Gasteiger partial charge in [-0.3, -0.25) is 4.79 Å². The number of hydrogen-bond donors (Lipinski definition) is 4. The number of aldehydes is 1. The van der Waals surface area contributed by atoms with Crippen LogP contribution in [-0.4, -0.2) is 67.9 Å². The number of carbonyl (C=O) groups excluding carboxylic acids is 1. The van der Waals surface area contributed by atoms with Crippen LogP contribution < -0.4 is 20.9 Å². The second-order valence-electron chi connectivity index (χ2n) is 22.7. The first-order valence-electron chi connectivity index (χ1n) is 33.0. The van der Waals surface area contributed by atoms with Crippen molar-refractivity contribution in [2.75, 3.05) is 42.1 Å². The van der Waals surface area contributed by atoms with Gasteiger partial charge in [0.2, 0.25) is 0 Å². The Morgan fingerprint density at radius 2 is 0.629 bits per heavy atom. The van der Waals surface area contributed by atoms with Crippen molar-refractivity contribution in [3.05, 3.63) is 406 Å². The zero-order valence-corrected chi connectivity index (χ0v) is 61.3. The number of benzene rings is 11. The summed E-state index contributed by atoms with van der Waals surface area (Å²) in [6.07, 6.45) is 9.52. The second kappa shape index (κ2) is 45.3. The molecule has 0 radical (unpaired) electrons. The molecule has 0 saturated heterocycles. The van der Waals surface area contributed by atoms with Crippen LogP contribution in [0.25, 0.3) is 5.57 Å². The molecule has 0 heterocycles. The molecule has 0 fully saturated rings. The molecule has 6 N–H and O–H groups in total. The monoisotopic (exact) mass is 1480 g/mol. The molecular formula is C88H95N4O4Pb+. The summed E-state index contributed by atoms with van der Waals surface area (Å²) < 4.78 is 17.1. The van der Waals surface area contributed by atoms with E-state index in [1.165, 1.54) is 95.0 Å². The maximum atomic E-state index is 10.0. The van der Waals surface area contributed by atoms with Crippen molar-refractivity contribution < 1.29 is 20.6 Å². The summed E-state index contributed by atoms with van der Waals surface area (Å²) in [5.41, 5.74) is 23.6. The molecule has 494 valence electrons. The summed E-state index contributed by atoms with van der Waals surface area (Å²) in [5.74, 6) is 0.542. The number of rotatable bonds is 16. The molecule has 9 heteroatoms. The van der Waals surface area contributed by atoms with Crippen LogP contribution in [-0.2, 0) is 5.37 Å². The third kappa shape index (κ3) is 27.6. The van der Waals surface area contributed by atoms with Gasteiger partial charge in [0.05, 0.1) is 0 Å². The van der Waals surface area contributed by atoms with E-state index in [0.717, 1.165) is 43.7 Å². The molecule has 12 rings (SSSR count). The van der Waals surface area contributed by atoms with Gasteiger partial charge in [-0.2, -0.15) is 0 Å². The molecule has 0 saturated carbocycles. The first kappa shape index (κ1) is 77.6. The summed E-state index contributed by atoms with van der Waals surface area (Å²) in [4.78, 5) is 13.4. The fourth-order valence-electron chi connectivity index (χ4n) is 10.6. The minimum absolute atomic E-state index is 0. The molecule has 2 unspecified atom stereocenters. The molecule has 8 nitrogen and oxygen atoms in total. The van der Waals surface area contributed by atoms with Crippen LogP contribution in [0.5, 0.6) is 0 Å². The third-order valence-corrected chi connectivity index (χ3v) is 15.3. The number of aryl methyl sites for hydroxylation is 4. The minimum atomic E-state index is -2.42. The number of allylic oxidation sites excluding steroid dienone is 5. The Bertz CT molecular complexity index is 3940. The van der Waals surface area contributed by atoms with Gasteiger partial charge >= 0.3 is 29.6 Å². The Morgan fingerprint density at radius 1 is 0.351 bits per heavy atom. The molecule has 0 aromatic heterocycles. The molecular weight excluding hydrogens is 1380 g/mol. The van der Waals surface area contributed by atoms with Crippen LogP contribution in [0.4, 0.5) is 17.1 Å². The van der Waals surface area contributed by atoms with Crippen molar-refractivity contribution in [2.24, 2.45) is 0 Å². The summed E-state index contributed by atoms with van der Waals surface area (Å²) in [5, 5.41) is 9.93. The SMILES string of the molecule is CCNc1ccc(C(c2ccccc2)c2ccc(C)cc2)cc1.CCNc1ccc(C(c2ccccc2)c2ccc(C)cc2)cc1.CCNc1ccccc1.CC[NH+]=C1C=CC(=C(c2ccccc2)c2ccc(C)cc2)C=C1.Cc1ccccc1.O.O=Cc1ccccc1.[O]=[Pb]=[O]. The molecule has 0 spiro atoms. The van der Waals surface area contributed by atoms with E-state index < -0.39 is 24.3 Å². The van der Waals surface area contributed by atoms with E-state index in [4.69, 9.17) is 5.37 Å². The zero-order valence-electron chi connectivity index (χ0n) is 57.5. The Kier molecular flexibility index (Phi) is 36.2. The van der Waals surface area contributed by atoms with E-state index in [1.54, 1.807) is 12.1 Å². The van der Waals surface area contributed by atoms with E-state index in [2.05, 4.69) is 337 Å². The van der Waals surface area contributed by atoms with Crippen LogP contribution in [0.15, 0.2) is 333 Å². The van der Waals surface area contributed by atoms with Gasteiger partial charge in [-0.1, -0.05) is 289 Å². The van der Waals surface area contributed by atoms with Gasteiger partial charge in [0.15, 0.2) is 5.71 Å². The van der Waals surface area contributed by atoms with Crippen LogP contribution in [0, 0.1) is 27.7 Å². The molecule has 2 atom stereocenters. The van der Waals surface area contributed by atoms with Gasteiger partial charge in [0.25, 0.3) is 0 Å². The second-order valence-corrected chi connectivity index (χ2v) is 23.3. The summed E-state index contributed by atoms with van der Waals surface area (Å²) in [6, 6.07) is 106. The normalized spacial score (nSPS) is 11.1. The molecule has 1 aliphatic rings. The average molecular weight is 1480 g/mol. The van der Waals surface area contributed by atoms with Gasteiger partial charge in [0.1, 0.15) is 12.8 Å². The molecule has 97 heavy (non-hydrogen) atoms. The third-order valence-electron chi connectivity index (χ3n) is 15.3. The number of nitrogens with one attached hydrogen (secondary N) is 4. The quantitative estimate of drug-likeness (QED) is 0.0433. The van der Waals surface area contributed by atoms with Crippen molar-refractivity contribution in [3.8, 4) is 0 Å². The number of hydrogen-bond acceptors (Lipinski definition) is 6. The van der Waals surface area contributed by atoms with Crippen LogP contribution in [0.3, 0.4) is 0 Å². The van der Waals surface area contributed by atoms with E-state index >= 15 is 0 Å². The van der Waals surface area contributed by atoms with Gasteiger partial charge < -0.3 is 21.4 Å². The van der Waals surface area contributed by atoms with E-state index in [0.29, 0.717) is 0 Å². The Balaban J connectivity index is 0.000000220. The molecule has 0 aliphatic heterocycles. The van der Waals surface area contributed by atoms with Crippen LogP contribution in [0.2, 0.25) is 0 Å². The standard InChI is InChI=1S/2C22H23N.C22H21N.C8H11N.C7H6O.C7H8.H2O.2O.Pb/c3*1-3-23-21-15-13-20(14-16-21)22(18-7-5-4-6-8-18)19-11-9-17(2)10-12-19;1-2-9-8-6-4-3-5-7-8;8-6-7-4-2-1-3-5-7;1-7-5-3-2-4-6-7;;;;/h2*4-16,22-23H,3H2,1-2H3;4-16H,3H2,1-2H3;3-7,9H,2H2,1H3;1-6H;2-6H,1H3;1H2;;;/p+1. The van der Waals surface area contributed by atoms with Gasteiger partial charge in [-0.25, -0.2) is 4.99 Å². The summed E-state index contributed by atoms with van der Waals surface area (Å²) in [6.45, 7) is 20.7. The van der Waals surface area contributed by atoms with E-state index in [9.17, 15) is 4.79 Å². The molecule has 1 aliphatic carbocycles. The maximum absolute atomic E-state index is 10.0. The molecule has 0 amide bonds. The Hall–Kier alpha value is -10.1. The van der Waals surface area contributed by atoms with Crippen LogP contribution >= 0.6 is 0 Å². The number of anilines is 3. The number of para-hydroxylation sites is 1. The predicted octanol–water partition coefficient (Wildman–Crippen LogP) is 18.8. The van der Waals surface area contributed by atoms with E-state index in [-0.39, 0.29) is 17.3 Å². The summed E-state index contributed by atoms with van der Waals surface area (Å²) in [7, 11) is 0. The molecule has 0 bridgehead atoms. The molecule has 11 aromatic rings. The topological polar surface area (TPSA) is 133 Å². The van der Waals surface area contributed by atoms with Crippen molar-refractivity contribution in [1.29, 1.82) is 0 Å². The zero-order chi connectivity index (χ0) is 68.4. The van der Waals surface area contributed by atoms with Gasteiger partial charge in [-0.05, 0) is 160 Å². The van der Waals surface area contributed by atoms with Crippen molar-refractivity contribution in [2.45, 2.75) is 67.2 Å². The summed E-state index contributed by atoms with van der Waals surface area (Å²) >= 11 is -2.42. The Labute approximate surface area is 590 Å². The van der Waals surface area contributed by atoms with Crippen molar-refractivity contribution in [1.82, 2.24) is 0 Å². The first-order chi connectivity index (χ1) is 47.0. The predicted molar refractivity (Wildman–Crippen MR) is 411 cm³/mol. The number of carbonyl (C=O) groups is 1. The fraction of sp³-hybridized carbons (Fsp3) is 0.159. The molecule has 11 aromatic carbocycles. The fourth-order valence-corrected chi connectivity index (χ4v) is 10.6. The average Bonchev–Trinajstić information content (AvgIpc) is 2.29. The van der Waals surface area contributed by atoms with Crippen molar-refractivity contribution >= 4 is 58.9 Å². The van der Waals surface area contributed by atoms with E-state index in [1.807, 2.05) is 54.6 Å². The van der Waals surface area contributed by atoms with Crippen molar-refractivity contribution in [3.63, 3.8) is 0 Å². The Morgan fingerprint density at radius 3 is 0.948 bits per heavy atom. The van der Waals surface area contributed by atoms with Gasteiger partial charge in [0, 0.05) is 66.2 Å². The first-order valence-corrected chi connectivity index (χ1v) is 36.2. The van der Waals surface area contributed by atoms with Gasteiger partial charge in [-0.15, -0.1) is 0 Å². The van der Waals surface area contributed by atoms with Crippen LogP contribution in [0.1, 0.15) is 117 Å².